The van der Waals surface area contributed by atoms with Gasteiger partial charge in [0.25, 0.3) is 0 Å². The van der Waals surface area contributed by atoms with Gasteiger partial charge in [0.2, 0.25) is 0 Å². The zero-order valence-corrected chi connectivity index (χ0v) is 7.62. The largest absolute Gasteiger partial charge is 0.392 e. The van der Waals surface area contributed by atoms with Gasteiger partial charge in [-0.3, -0.25) is 0 Å². The first-order chi connectivity index (χ1) is 6.33. The molecule has 0 radical (unpaired) electrons. The van der Waals surface area contributed by atoms with E-state index in [0.29, 0.717) is 0 Å². The molecule has 1 aromatic rings. The van der Waals surface area contributed by atoms with Crippen LogP contribution in [0.1, 0.15) is 12.5 Å². The van der Waals surface area contributed by atoms with Gasteiger partial charge in [0.05, 0.1) is 6.61 Å². The minimum Gasteiger partial charge on any atom is -0.392 e. The summed E-state index contributed by atoms with van der Waals surface area (Å²) in [4.78, 5) is 0. The maximum atomic E-state index is 8.70. The van der Waals surface area contributed by atoms with Crippen molar-refractivity contribution in [3.63, 3.8) is 0 Å². The second kappa shape index (κ2) is 5.18. The standard InChI is InChI=1S/C12H12O/c1-11(10-13)6-5-9-12-7-3-2-4-8-12/h2-4,6-8,13H,10H2,1H3/b11-6+. The Morgan fingerprint density at radius 1 is 1.38 bits per heavy atom. The van der Waals surface area contributed by atoms with Crippen LogP contribution in [0.4, 0.5) is 0 Å². The van der Waals surface area contributed by atoms with Gasteiger partial charge in [-0.15, -0.1) is 0 Å². The molecule has 0 heterocycles. The normalized spacial score (nSPS) is 10.5. The van der Waals surface area contributed by atoms with Crippen LogP contribution in [-0.4, -0.2) is 11.7 Å². The lowest BCUT2D eigenvalue weighted by Crippen LogP contribution is -1.81. The van der Waals surface area contributed by atoms with Crippen molar-refractivity contribution in [1.82, 2.24) is 0 Å². The van der Waals surface area contributed by atoms with Crippen molar-refractivity contribution >= 4 is 0 Å². The number of aliphatic hydroxyl groups is 1. The van der Waals surface area contributed by atoms with Crippen molar-refractivity contribution < 1.29 is 5.11 Å². The minimum absolute atomic E-state index is 0.0729. The molecule has 1 N–H and O–H groups in total. The van der Waals surface area contributed by atoms with Crippen LogP contribution in [-0.2, 0) is 0 Å². The maximum absolute atomic E-state index is 8.70. The molecular weight excluding hydrogens is 160 g/mol. The topological polar surface area (TPSA) is 20.2 Å². The van der Waals surface area contributed by atoms with Crippen LogP contribution in [0.5, 0.6) is 0 Å². The smallest absolute Gasteiger partial charge is 0.0648 e. The third-order valence-corrected chi connectivity index (χ3v) is 1.56. The predicted octanol–water partition coefficient (Wildman–Crippen LogP) is 1.98. The molecule has 0 fully saturated rings. The Balaban J connectivity index is 2.69. The predicted molar refractivity (Wildman–Crippen MR) is 54.2 cm³/mol. The molecule has 0 amide bonds. The van der Waals surface area contributed by atoms with E-state index in [1.54, 1.807) is 6.08 Å². The van der Waals surface area contributed by atoms with Crippen molar-refractivity contribution in [3.8, 4) is 11.8 Å². The fourth-order valence-electron chi connectivity index (χ4n) is 0.810. The molecule has 0 aliphatic rings. The molecule has 1 heteroatoms. The van der Waals surface area contributed by atoms with E-state index < -0.39 is 0 Å². The molecule has 0 aromatic heterocycles. The molecule has 1 nitrogen and oxygen atoms in total. The zero-order valence-electron chi connectivity index (χ0n) is 7.62. The van der Waals surface area contributed by atoms with Gasteiger partial charge >= 0.3 is 0 Å². The summed E-state index contributed by atoms with van der Waals surface area (Å²) < 4.78 is 0. The second-order valence-electron chi connectivity index (χ2n) is 2.78. The number of hydrogen-bond acceptors (Lipinski definition) is 1. The number of hydrogen-bond donors (Lipinski definition) is 1. The first-order valence-corrected chi connectivity index (χ1v) is 4.16. The highest BCUT2D eigenvalue weighted by Gasteiger charge is 1.81. The number of rotatable bonds is 1. The Hall–Kier alpha value is -1.52. The maximum Gasteiger partial charge on any atom is 0.0648 e. The van der Waals surface area contributed by atoms with Crippen LogP contribution >= 0.6 is 0 Å². The number of benzene rings is 1. The first kappa shape index (κ1) is 9.57. The van der Waals surface area contributed by atoms with Crippen LogP contribution in [0.2, 0.25) is 0 Å². The van der Waals surface area contributed by atoms with Crippen LogP contribution < -0.4 is 0 Å². The van der Waals surface area contributed by atoms with Crippen molar-refractivity contribution in [1.29, 1.82) is 0 Å². The number of allylic oxidation sites excluding steroid dienone is 1. The van der Waals surface area contributed by atoms with E-state index in [1.807, 2.05) is 37.3 Å². The summed E-state index contributed by atoms with van der Waals surface area (Å²) >= 11 is 0. The third kappa shape index (κ3) is 3.59. The SMILES string of the molecule is C/C(=C\C#Cc1ccccc1)CO. The Labute approximate surface area is 78.7 Å². The Kier molecular flexibility index (Phi) is 3.81. The van der Waals surface area contributed by atoms with Gasteiger partial charge in [-0.1, -0.05) is 30.0 Å². The summed E-state index contributed by atoms with van der Waals surface area (Å²) in [5, 5.41) is 8.70. The van der Waals surface area contributed by atoms with Crippen molar-refractivity contribution in [2.75, 3.05) is 6.61 Å². The Bertz CT molecular complexity index is 338. The summed E-state index contributed by atoms with van der Waals surface area (Å²) in [6, 6.07) is 9.77. The van der Waals surface area contributed by atoms with E-state index in [2.05, 4.69) is 11.8 Å². The monoisotopic (exact) mass is 172 g/mol. The van der Waals surface area contributed by atoms with Gasteiger partial charge in [-0.25, -0.2) is 0 Å². The average molecular weight is 172 g/mol. The lowest BCUT2D eigenvalue weighted by Gasteiger charge is -1.87. The van der Waals surface area contributed by atoms with Crippen molar-refractivity contribution in [2.45, 2.75) is 6.92 Å². The molecule has 1 rings (SSSR count). The summed E-state index contributed by atoms with van der Waals surface area (Å²) in [5.74, 6) is 5.85. The summed E-state index contributed by atoms with van der Waals surface area (Å²) in [6.45, 7) is 1.92. The van der Waals surface area contributed by atoms with E-state index >= 15 is 0 Å². The Morgan fingerprint density at radius 3 is 2.69 bits per heavy atom. The minimum atomic E-state index is 0.0729. The molecular formula is C12H12O. The molecule has 13 heavy (non-hydrogen) atoms. The van der Waals surface area contributed by atoms with Crippen LogP contribution in [0.3, 0.4) is 0 Å². The van der Waals surface area contributed by atoms with E-state index in [9.17, 15) is 0 Å². The molecule has 1 aromatic carbocycles. The molecule has 0 saturated carbocycles. The van der Waals surface area contributed by atoms with Crippen molar-refractivity contribution in [2.24, 2.45) is 0 Å². The van der Waals surface area contributed by atoms with Gasteiger partial charge in [-0.05, 0) is 30.7 Å². The van der Waals surface area contributed by atoms with Gasteiger partial charge in [0.15, 0.2) is 0 Å². The van der Waals surface area contributed by atoms with Crippen LogP contribution in [0, 0.1) is 11.8 Å². The first-order valence-electron chi connectivity index (χ1n) is 4.16. The van der Waals surface area contributed by atoms with Crippen LogP contribution in [0.25, 0.3) is 0 Å². The van der Waals surface area contributed by atoms with Gasteiger partial charge in [-0.2, -0.15) is 0 Å². The van der Waals surface area contributed by atoms with E-state index in [1.165, 1.54) is 0 Å². The zero-order chi connectivity index (χ0) is 9.52. The van der Waals surface area contributed by atoms with Gasteiger partial charge < -0.3 is 5.11 Å². The molecule has 0 atom stereocenters. The van der Waals surface area contributed by atoms with Crippen molar-refractivity contribution in [3.05, 3.63) is 47.5 Å². The average Bonchev–Trinajstić information content (AvgIpc) is 2.19. The molecule has 0 aliphatic heterocycles. The second-order valence-corrected chi connectivity index (χ2v) is 2.78. The quantitative estimate of drug-likeness (QED) is 0.642. The third-order valence-electron chi connectivity index (χ3n) is 1.56. The van der Waals surface area contributed by atoms with E-state index in [4.69, 9.17) is 5.11 Å². The van der Waals surface area contributed by atoms with Gasteiger partial charge in [0.1, 0.15) is 0 Å². The molecule has 0 aliphatic carbocycles. The fourth-order valence-corrected chi connectivity index (χ4v) is 0.810. The summed E-state index contributed by atoms with van der Waals surface area (Å²) in [5.41, 5.74) is 1.87. The highest BCUT2D eigenvalue weighted by atomic mass is 16.3. The summed E-state index contributed by atoms with van der Waals surface area (Å²) in [6.07, 6.45) is 1.73. The highest BCUT2D eigenvalue weighted by molar-refractivity contribution is 5.37. The molecule has 0 bridgehead atoms. The molecule has 0 spiro atoms. The van der Waals surface area contributed by atoms with E-state index in [-0.39, 0.29) is 6.61 Å². The van der Waals surface area contributed by atoms with E-state index in [0.717, 1.165) is 11.1 Å². The lowest BCUT2D eigenvalue weighted by atomic mass is 10.2. The number of aliphatic hydroxyl groups excluding tert-OH is 1. The molecule has 66 valence electrons. The van der Waals surface area contributed by atoms with Crippen LogP contribution in [0.15, 0.2) is 42.0 Å². The van der Waals surface area contributed by atoms with Gasteiger partial charge in [0, 0.05) is 5.56 Å². The lowest BCUT2D eigenvalue weighted by molar-refractivity contribution is 0.331. The fraction of sp³-hybridized carbons (Fsp3) is 0.167. The Morgan fingerprint density at radius 2 is 2.08 bits per heavy atom. The highest BCUT2D eigenvalue weighted by Crippen LogP contribution is 1.95. The summed E-state index contributed by atoms with van der Waals surface area (Å²) in [7, 11) is 0. The molecule has 0 saturated heterocycles. The molecule has 0 unspecified atom stereocenters.